The van der Waals surface area contributed by atoms with Gasteiger partial charge in [0.25, 0.3) is 0 Å². The zero-order valence-corrected chi connectivity index (χ0v) is 14.0. The molecule has 0 heterocycles. The lowest BCUT2D eigenvalue weighted by Crippen LogP contribution is -2.14. The van der Waals surface area contributed by atoms with Gasteiger partial charge in [0.15, 0.2) is 11.6 Å². The van der Waals surface area contributed by atoms with Crippen molar-refractivity contribution in [2.45, 2.75) is 19.9 Å². The van der Waals surface area contributed by atoms with E-state index >= 15 is 0 Å². The number of benzene rings is 2. The topological polar surface area (TPSA) is 21.3 Å². The summed E-state index contributed by atoms with van der Waals surface area (Å²) in [4.78, 5) is 0. The Kier molecular flexibility index (Phi) is 6.03. The van der Waals surface area contributed by atoms with Gasteiger partial charge >= 0.3 is 0 Å². The van der Waals surface area contributed by atoms with Crippen molar-refractivity contribution in [3.05, 3.63) is 57.3 Å². The smallest absolute Gasteiger partial charge is 0.167 e. The van der Waals surface area contributed by atoms with E-state index in [0.717, 1.165) is 18.5 Å². The van der Waals surface area contributed by atoms with Gasteiger partial charge < -0.3 is 10.1 Å². The molecule has 0 aliphatic rings. The van der Waals surface area contributed by atoms with E-state index in [4.69, 9.17) is 16.3 Å². The molecule has 112 valence electrons. The first kappa shape index (κ1) is 16.3. The van der Waals surface area contributed by atoms with Crippen LogP contribution in [0.4, 0.5) is 4.39 Å². The maximum Gasteiger partial charge on any atom is 0.167 e. The van der Waals surface area contributed by atoms with Gasteiger partial charge in [-0.25, -0.2) is 4.39 Å². The highest BCUT2D eigenvalue weighted by Gasteiger charge is 2.12. The van der Waals surface area contributed by atoms with Crippen molar-refractivity contribution in [1.82, 2.24) is 5.32 Å². The number of para-hydroxylation sites is 1. The van der Waals surface area contributed by atoms with Crippen molar-refractivity contribution in [3.63, 3.8) is 0 Å². The predicted molar refractivity (Wildman–Crippen MR) is 87.6 cm³/mol. The van der Waals surface area contributed by atoms with E-state index in [-0.39, 0.29) is 11.6 Å². The molecule has 0 atom stereocenters. The summed E-state index contributed by atoms with van der Waals surface area (Å²) < 4.78 is 20.5. The van der Waals surface area contributed by atoms with Crippen LogP contribution >= 0.6 is 27.5 Å². The normalized spacial score (nSPS) is 10.7. The first-order valence-electron chi connectivity index (χ1n) is 6.73. The van der Waals surface area contributed by atoms with E-state index in [1.54, 1.807) is 24.3 Å². The molecule has 0 radical (unpaired) electrons. The number of hydrogen-bond acceptors (Lipinski definition) is 2. The van der Waals surface area contributed by atoms with E-state index in [1.807, 2.05) is 6.07 Å². The molecule has 2 aromatic rings. The van der Waals surface area contributed by atoms with Crippen LogP contribution in [0, 0.1) is 5.82 Å². The molecule has 0 saturated carbocycles. The van der Waals surface area contributed by atoms with Gasteiger partial charge in [-0.3, -0.25) is 0 Å². The lowest BCUT2D eigenvalue weighted by Gasteiger charge is -2.14. The Balaban J connectivity index is 2.25. The fourth-order valence-corrected chi connectivity index (χ4v) is 2.64. The fraction of sp³-hybridized carbons (Fsp3) is 0.250. The van der Waals surface area contributed by atoms with Crippen LogP contribution in [0.1, 0.15) is 18.9 Å². The molecule has 0 spiro atoms. The lowest BCUT2D eigenvalue weighted by atomic mass is 10.2. The zero-order chi connectivity index (χ0) is 15.2. The summed E-state index contributed by atoms with van der Waals surface area (Å²) in [5.41, 5.74) is 0.783. The SMILES string of the molecule is CCCNCc1cccc(F)c1Oc1ccc(Cl)cc1Br. The van der Waals surface area contributed by atoms with Gasteiger partial charge in [-0.1, -0.05) is 30.7 Å². The van der Waals surface area contributed by atoms with E-state index < -0.39 is 0 Å². The summed E-state index contributed by atoms with van der Waals surface area (Å²) in [5.74, 6) is 0.387. The molecular formula is C16H16BrClFNO. The first-order valence-corrected chi connectivity index (χ1v) is 7.90. The van der Waals surface area contributed by atoms with Crippen LogP contribution in [0.2, 0.25) is 5.02 Å². The fourth-order valence-electron chi connectivity index (χ4n) is 1.87. The molecule has 0 fully saturated rings. The minimum absolute atomic E-state index is 0.240. The highest BCUT2D eigenvalue weighted by atomic mass is 79.9. The maximum absolute atomic E-state index is 14.1. The number of ether oxygens (including phenoxy) is 1. The van der Waals surface area contributed by atoms with Crippen LogP contribution in [0.5, 0.6) is 11.5 Å². The third kappa shape index (κ3) is 4.43. The minimum atomic E-state index is -0.382. The summed E-state index contributed by atoms with van der Waals surface area (Å²) in [7, 11) is 0. The molecule has 0 amide bonds. The van der Waals surface area contributed by atoms with E-state index in [9.17, 15) is 4.39 Å². The Morgan fingerprint density at radius 3 is 2.81 bits per heavy atom. The number of halogens is 3. The van der Waals surface area contributed by atoms with Crippen molar-refractivity contribution in [3.8, 4) is 11.5 Å². The number of hydrogen-bond donors (Lipinski definition) is 1. The van der Waals surface area contributed by atoms with Crippen LogP contribution in [0.3, 0.4) is 0 Å². The molecule has 0 unspecified atom stereocenters. The largest absolute Gasteiger partial charge is 0.453 e. The average molecular weight is 373 g/mol. The standard InChI is InChI=1S/C16H16BrClFNO/c1-2-8-20-10-11-4-3-5-14(19)16(11)21-15-7-6-12(18)9-13(15)17/h3-7,9,20H,2,8,10H2,1H3. The highest BCUT2D eigenvalue weighted by molar-refractivity contribution is 9.10. The molecule has 2 rings (SSSR count). The molecule has 0 aliphatic heterocycles. The molecule has 1 N–H and O–H groups in total. The summed E-state index contributed by atoms with van der Waals surface area (Å²) in [6, 6.07) is 10.1. The number of nitrogens with one attached hydrogen (secondary N) is 1. The molecule has 21 heavy (non-hydrogen) atoms. The summed E-state index contributed by atoms with van der Waals surface area (Å²) in [6.07, 6.45) is 1.02. The van der Waals surface area contributed by atoms with E-state index in [0.29, 0.717) is 21.8 Å². The van der Waals surface area contributed by atoms with Crippen LogP contribution in [-0.2, 0) is 6.54 Å². The van der Waals surface area contributed by atoms with Crippen LogP contribution in [0.15, 0.2) is 40.9 Å². The summed E-state index contributed by atoms with van der Waals surface area (Å²) in [6.45, 7) is 3.52. The Morgan fingerprint density at radius 1 is 1.29 bits per heavy atom. The van der Waals surface area contributed by atoms with Crippen molar-refractivity contribution < 1.29 is 9.13 Å². The molecule has 0 bridgehead atoms. The van der Waals surface area contributed by atoms with Gasteiger partial charge in [0.05, 0.1) is 4.47 Å². The molecule has 2 nitrogen and oxygen atoms in total. The third-order valence-corrected chi connectivity index (χ3v) is 3.75. The second-order valence-electron chi connectivity index (χ2n) is 4.58. The Morgan fingerprint density at radius 2 is 2.10 bits per heavy atom. The van der Waals surface area contributed by atoms with Crippen molar-refractivity contribution in [2.75, 3.05) is 6.54 Å². The second-order valence-corrected chi connectivity index (χ2v) is 5.87. The number of rotatable bonds is 6. The van der Waals surface area contributed by atoms with E-state index in [2.05, 4.69) is 28.2 Å². The Bertz CT molecular complexity index is 621. The second kappa shape index (κ2) is 7.78. The third-order valence-electron chi connectivity index (χ3n) is 2.90. The van der Waals surface area contributed by atoms with Crippen molar-refractivity contribution >= 4 is 27.5 Å². The summed E-state index contributed by atoms with van der Waals surface area (Å²) in [5, 5.41) is 3.84. The maximum atomic E-state index is 14.1. The van der Waals surface area contributed by atoms with Gasteiger partial charge in [0.2, 0.25) is 0 Å². The molecule has 0 aromatic heterocycles. The predicted octanol–water partition coefficient (Wildman–Crippen LogP) is 5.53. The average Bonchev–Trinajstić information content (AvgIpc) is 2.45. The summed E-state index contributed by atoms with van der Waals surface area (Å²) >= 11 is 9.27. The Labute approximate surface area is 137 Å². The van der Waals surface area contributed by atoms with E-state index in [1.165, 1.54) is 6.07 Å². The quantitative estimate of drug-likeness (QED) is 0.673. The molecule has 5 heteroatoms. The zero-order valence-electron chi connectivity index (χ0n) is 11.6. The molecule has 2 aromatic carbocycles. The lowest BCUT2D eigenvalue weighted by molar-refractivity contribution is 0.431. The first-order chi connectivity index (χ1) is 10.1. The van der Waals surface area contributed by atoms with Gasteiger partial charge in [-0.2, -0.15) is 0 Å². The molecule has 0 saturated heterocycles. The Hall–Kier alpha value is -1.10. The van der Waals surface area contributed by atoms with Crippen molar-refractivity contribution in [2.24, 2.45) is 0 Å². The highest BCUT2D eigenvalue weighted by Crippen LogP contribution is 2.34. The minimum Gasteiger partial charge on any atom is -0.453 e. The monoisotopic (exact) mass is 371 g/mol. The molecule has 0 aliphatic carbocycles. The van der Waals surface area contributed by atoms with Gasteiger partial charge in [-0.15, -0.1) is 0 Å². The van der Waals surface area contributed by atoms with Gasteiger partial charge in [-0.05, 0) is 53.2 Å². The van der Waals surface area contributed by atoms with Crippen LogP contribution in [0.25, 0.3) is 0 Å². The van der Waals surface area contributed by atoms with Crippen molar-refractivity contribution in [1.29, 1.82) is 0 Å². The molecular weight excluding hydrogens is 357 g/mol. The van der Waals surface area contributed by atoms with Crippen LogP contribution < -0.4 is 10.1 Å². The van der Waals surface area contributed by atoms with Gasteiger partial charge in [0, 0.05) is 17.1 Å². The van der Waals surface area contributed by atoms with Crippen LogP contribution in [-0.4, -0.2) is 6.54 Å². The van der Waals surface area contributed by atoms with Gasteiger partial charge in [0.1, 0.15) is 5.75 Å².